The van der Waals surface area contributed by atoms with Gasteiger partial charge in [0.25, 0.3) is 0 Å². The molecule has 140 valence electrons. The van der Waals surface area contributed by atoms with Crippen LogP contribution in [0, 0.1) is 0 Å². The molecular formula is C17H20ClN3O5. The zero-order valence-corrected chi connectivity index (χ0v) is 14.8. The topological polar surface area (TPSA) is 108 Å². The molecule has 26 heavy (non-hydrogen) atoms. The molecule has 1 atom stereocenters. The van der Waals surface area contributed by atoms with E-state index in [2.05, 4.69) is 15.2 Å². The summed E-state index contributed by atoms with van der Waals surface area (Å²) in [5, 5.41) is 21.3. The minimum absolute atomic E-state index is 0.00780. The summed E-state index contributed by atoms with van der Waals surface area (Å²) in [7, 11) is 0. The van der Waals surface area contributed by atoms with E-state index < -0.39 is 12.2 Å². The van der Waals surface area contributed by atoms with E-state index in [1.807, 2.05) is 12.1 Å². The Morgan fingerprint density at radius 2 is 2.35 bits per heavy atom. The first-order chi connectivity index (χ1) is 12.5. The molecule has 1 aliphatic rings. The van der Waals surface area contributed by atoms with E-state index >= 15 is 0 Å². The Labute approximate surface area is 155 Å². The number of aromatic nitrogens is 1. The first-order valence-electron chi connectivity index (χ1n) is 8.20. The van der Waals surface area contributed by atoms with Gasteiger partial charge in [-0.1, -0.05) is 17.7 Å². The molecular weight excluding hydrogens is 362 g/mol. The molecule has 3 rings (SSSR count). The Hall–Kier alpha value is -2.29. The van der Waals surface area contributed by atoms with Gasteiger partial charge < -0.3 is 24.7 Å². The number of aliphatic hydroxyl groups is 1. The summed E-state index contributed by atoms with van der Waals surface area (Å²) in [5.74, 6) is 1.22. The number of rotatable bonds is 7. The number of hydrogen-bond donors (Lipinski definition) is 3. The third kappa shape index (κ3) is 4.66. The Morgan fingerprint density at radius 1 is 1.50 bits per heavy atom. The number of aliphatic hydroxyl groups excluding tert-OH is 1. The lowest BCUT2D eigenvalue weighted by Gasteiger charge is -2.31. The van der Waals surface area contributed by atoms with Crippen LogP contribution in [0.4, 0.5) is 4.79 Å². The van der Waals surface area contributed by atoms with Crippen molar-refractivity contribution in [2.45, 2.75) is 25.7 Å². The average molecular weight is 382 g/mol. The SMILES string of the molecule is O=C(O)NCC(O)CN1CCc2c(ccc(OCc3cnco3)c2Cl)C1. The largest absolute Gasteiger partial charge is 0.484 e. The van der Waals surface area contributed by atoms with Crippen molar-refractivity contribution in [1.29, 1.82) is 0 Å². The maximum Gasteiger partial charge on any atom is 0.404 e. The molecule has 1 aliphatic heterocycles. The fraction of sp³-hybridized carbons (Fsp3) is 0.412. The van der Waals surface area contributed by atoms with Crippen LogP contribution >= 0.6 is 11.6 Å². The summed E-state index contributed by atoms with van der Waals surface area (Å²) in [4.78, 5) is 16.4. The van der Waals surface area contributed by atoms with Gasteiger partial charge in [-0.15, -0.1) is 0 Å². The van der Waals surface area contributed by atoms with Crippen molar-refractivity contribution >= 4 is 17.7 Å². The van der Waals surface area contributed by atoms with Gasteiger partial charge >= 0.3 is 6.09 Å². The molecule has 1 unspecified atom stereocenters. The quantitative estimate of drug-likeness (QED) is 0.672. The highest BCUT2D eigenvalue weighted by Gasteiger charge is 2.22. The van der Waals surface area contributed by atoms with Gasteiger partial charge in [-0.05, 0) is 23.6 Å². The van der Waals surface area contributed by atoms with Gasteiger partial charge in [0, 0.05) is 26.2 Å². The van der Waals surface area contributed by atoms with Crippen LogP contribution in [0.5, 0.6) is 5.75 Å². The first-order valence-corrected chi connectivity index (χ1v) is 8.58. The van der Waals surface area contributed by atoms with E-state index in [4.69, 9.17) is 25.9 Å². The van der Waals surface area contributed by atoms with Crippen molar-refractivity contribution in [3.63, 3.8) is 0 Å². The number of benzene rings is 1. The highest BCUT2D eigenvalue weighted by atomic mass is 35.5. The predicted octanol–water partition coefficient (Wildman–Crippen LogP) is 1.89. The normalized spacial score (nSPS) is 15.3. The third-order valence-corrected chi connectivity index (χ3v) is 4.60. The lowest BCUT2D eigenvalue weighted by Crippen LogP contribution is -2.41. The summed E-state index contributed by atoms with van der Waals surface area (Å²) in [6, 6.07) is 3.79. The fourth-order valence-corrected chi connectivity index (χ4v) is 3.28. The standard InChI is InChI=1S/C17H20ClN3O5/c18-16-14-3-4-21(8-12(22)5-20-17(23)24)7-11(14)1-2-15(16)25-9-13-6-19-10-26-13/h1-2,6,10,12,20,22H,3-5,7-9H2,(H,23,24). The first kappa shape index (κ1) is 18.5. The number of oxazole rings is 1. The number of carboxylic acid groups (broad SMARTS) is 1. The highest BCUT2D eigenvalue weighted by Crippen LogP contribution is 2.34. The zero-order valence-electron chi connectivity index (χ0n) is 14.0. The minimum Gasteiger partial charge on any atom is -0.484 e. The smallest absolute Gasteiger partial charge is 0.404 e. The van der Waals surface area contributed by atoms with Crippen molar-refractivity contribution < 1.29 is 24.2 Å². The van der Waals surface area contributed by atoms with Crippen molar-refractivity contribution in [2.75, 3.05) is 19.6 Å². The van der Waals surface area contributed by atoms with Crippen LogP contribution < -0.4 is 10.1 Å². The molecule has 2 heterocycles. The summed E-state index contributed by atoms with van der Waals surface area (Å²) >= 11 is 6.49. The van der Waals surface area contributed by atoms with Crippen molar-refractivity contribution in [3.05, 3.63) is 46.6 Å². The highest BCUT2D eigenvalue weighted by molar-refractivity contribution is 6.33. The van der Waals surface area contributed by atoms with Crippen LogP contribution in [0.25, 0.3) is 0 Å². The number of carbonyl (C=O) groups is 1. The second-order valence-corrected chi connectivity index (χ2v) is 6.47. The minimum atomic E-state index is -1.14. The monoisotopic (exact) mass is 381 g/mol. The van der Waals surface area contributed by atoms with Crippen LogP contribution in [-0.4, -0.2) is 51.9 Å². The van der Waals surface area contributed by atoms with Crippen molar-refractivity contribution in [2.24, 2.45) is 0 Å². The van der Waals surface area contributed by atoms with Gasteiger partial charge in [0.05, 0.1) is 17.3 Å². The van der Waals surface area contributed by atoms with Gasteiger partial charge in [-0.2, -0.15) is 0 Å². The van der Waals surface area contributed by atoms with E-state index in [1.54, 1.807) is 6.20 Å². The van der Waals surface area contributed by atoms with E-state index in [1.165, 1.54) is 6.39 Å². The van der Waals surface area contributed by atoms with Gasteiger partial charge in [0.1, 0.15) is 12.4 Å². The van der Waals surface area contributed by atoms with E-state index in [0.29, 0.717) is 29.6 Å². The van der Waals surface area contributed by atoms with E-state index in [9.17, 15) is 9.90 Å². The number of amides is 1. The van der Waals surface area contributed by atoms with Gasteiger partial charge in [0.2, 0.25) is 0 Å². The number of halogens is 1. The van der Waals surface area contributed by atoms with Crippen LogP contribution in [0.3, 0.4) is 0 Å². The number of β-amino-alcohol motifs (C(OH)–C–C–N with tert-alkyl or cyclic N) is 1. The molecule has 0 saturated carbocycles. The summed E-state index contributed by atoms with van der Waals surface area (Å²) < 4.78 is 10.9. The number of ether oxygens (including phenoxy) is 1. The molecule has 0 bridgehead atoms. The molecule has 0 saturated heterocycles. The molecule has 1 aromatic heterocycles. The Morgan fingerprint density at radius 3 is 3.08 bits per heavy atom. The van der Waals surface area contributed by atoms with E-state index in [-0.39, 0.29) is 13.2 Å². The van der Waals surface area contributed by atoms with Crippen LogP contribution in [0.1, 0.15) is 16.9 Å². The van der Waals surface area contributed by atoms with Crippen molar-refractivity contribution in [3.8, 4) is 5.75 Å². The van der Waals surface area contributed by atoms with E-state index in [0.717, 1.165) is 24.1 Å². The maximum absolute atomic E-state index is 10.5. The number of hydrogen-bond acceptors (Lipinski definition) is 6. The molecule has 0 radical (unpaired) electrons. The molecule has 3 N–H and O–H groups in total. The lowest BCUT2D eigenvalue weighted by atomic mass is 9.99. The maximum atomic E-state index is 10.5. The van der Waals surface area contributed by atoms with Crippen molar-refractivity contribution in [1.82, 2.24) is 15.2 Å². The third-order valence-electron chi connectivity index (χ3n) is 4.19. The average Bonchev–Trinajstić information content (AvgIpc) is 3.13. The molecule has 2 aromatic rings. The Balaban J connectivity index is 1.59. The Bertz CT molecular complexity index is 753. The van der Waals surface area contributed by atoms with Gasteiger partial charge in [0.15, 0.2) is 12.2 Å². The van der Waals surface area contributed by atoms with Gasteiger partial charge in [-0.3, -0.25) is 4.90 Å². The Kier molecular flexibility index (Phi) is 5.97. The molecule has 1 amide bonds. The zero-order chi connectivity index (χ0) is 18.5. The predicted molar refractivity (Wildman–Crippen MR) is 93.3 cm³/mol. The van der Waals surface area contributed by atoms with Crippen LogP contribution in [0.2, 0.25) is 5.02 Å². The molecule has 0 aliphatic carbocycles. The second-order valence-electron chi connectivity index (χ2n) is 6.10. The molecule has 1 aromatic carbocycles. The molecule has 9 heteroatoms. The molecule has 0 fully saturated rings. The summed E-state index contributed by atoms with van der Waals surface area (Å²) in [6.07, 6.45) is 1.77. The number of nitrogens with one attached hydrogen (secondary N) is 1. The number of fused-ring (bicyclic) bond motifs is 1. The lowest BCUT2D eigenvalue weighted by molar-refractivity contribution is 0.102. The number of nitrogens with zero attached hydrogens (tertiary/aromatic N) is 2. The summed E-state index contributed by atoms with van der Waals surface area (Å²) in [6.45, 7) is 2.02. The molecule has 0 spiro atoms. The fourth-order valence-electron chi connectivity index (χ4n) is 2.95. The van der Waals surface area contributed by atoms with Crippen LogP contribution in [0.15, 0.2) is 29.1 Å². The van der Waals surface area contributed by atoms with Crippen LogP contribution in [-0.2, 0) is 19.6 Å². The summed E-state index contributed by atoms with van der Waals surface area (Å²) in [5.41, 5.74) is 2.11. The molecule has 8 nitrogen and oxygen atoms in total. The second kappa shape index (κ2) is 8.39. The van der Waals surface area contributed by atoms with Gasteiger partial charge in [-0.25, -0.2) is 9.78 Å².